The van der Waals surface area contributed by atoms with E-state index >= 15 is 0 Å². The molecule has 0 saturated heterocycles. The number of rotatable bonds is 15. The Morgan fingerprint density at radius 1 is 0.700 bits per heavy atom. The fraction of sp³-hybridized carbons (Fsp3) is 0.417. The predicted molar refractivity (Wildman–Crippen MR) is 115 cm³/mol. The van der Waals surface area contributed by atoms with Crippen LogP contribution in [0.3, 0.4) is 0 Å². The Bertz CT molecular complexity index is 767. The number of carbonyl (C=O) groups is 2. The van der Waals surface area contributed by atoms with Crippen molar-refractivity contribution in [2.45, 2.75) is 45.4 Å². The van der Waals surface area contributed by atoms with E-state index in [0.29, 0.717) is 18.1 Å². The van der Waals surface area contributed by atoms with E-state index in [1.54, 1.807) is 12.1 Å². The number of ether oxygens (including phenoxy) is 3. The van der Waals surface area contributed by atoms with E-state index in [-0.39, 0.29) is 24.6 Å². The van der Waals surface area contributed by atoms with E-state index in [4.69, 9.17) is 19.3 Å². The Labute approximate surface area is 177 Å². The first-order valence-electron chi connectivity index (χ1n) is 10.4. The number of unbranched alkanes of at least 4 members (excludes halogenated alkanes) is 5. The van der Waals surface area contributed by atoms with Crippen LogP contribution in [0.2, 0.25) is 0 Å². The number of carbonyl (C=O) groups excluding carboxylic acids is 1. The van der Waals surface area contributed by atoms with Crippen LogP contribution in [0.25, 0.3) is 0 Å². The molecule has 0 aliphatic carbocycles. The average molecular weight is 414 g/mol. The van der Waals surface area contributed by atoms with Gasteiger partial charge in [0, 0.05) is 0 Å². The van der Waals surface area contributed by atoms with Crippen LogP contribution >= 0.6 is 0 Å². The molecule has 2 rings (SSSR count). The second-order valence-electron chi connectivity index (χ2n) is 7.03. The molecule has 0 spiro atoms. The molecule has 0 aromatic heterocycles. The number of hydrogen-bond acceptors (Lipinski definition) is 5. The third-order valence-corrected chi connectivity index (χ3v) is 4.49. The zero-order valence-electron chi connectivity index (χ0n) is 17.5. The van der Waals surface area contributed by atoms with Gasteiger partial charge in [-0.05, 0) is 55.0 Å². The van der Waals surface area contributed by atoms with E-state index in [0.717, 1.165) is 12.2 Å². The molecule has 0 atom stereocenters. The zero-order chi connectivity index (χ0) is 21.6. The minimum atomic E-state index is -1.01. The smallest absolute Gasteiger partial charge is 0.335 e. The molecule has 2 aromatic carbocycles. The summed E-state index contributed by atoms with van der Waals surface area (Å²) >= 11 is 0. The maximum Gasteiger partial charge on any atom is 0.335 e. The summed E-state index contributed by atoms with van der Waals surface area (Å²) in [6.07, 6.45) is 7.35. The van der Waals surface area contributed by atoms with Crippen LogP contribution in [-0.4, -0.2) is 36.7 Å². The van der Waals surface area contributed by atoms with Crippen LogP contribution in [0.1, 0.15) is 55.8 Å². The van der Waals surface area contributed by atoms with Crippen molar-refractivity contribution >= 4 is 11.8 Å². The molecule has 0 aliphatic heterocycles. The van der Waals surface area contributed by atoms with E-state index in [1.165, 1.54) is 56.4 Å². The fourth-order valence-corrected chi connectivity index (χ4v) is 2.77. The van der Waals surface area contributed by atoms with Crippen molar-refractivity contribution in [3.8, 4) is 17.2 Å². The van der Waals surface area contributed by atoms with Crippen molar-refractivity contribution in [3.05, 3.63) is 54.1 Å². The molecular formula is C24H30O6. The Kier molecular flexibility index (Phi) is 10.3. The monoisotopic (exact) mass is 414 g/mol. The van der Waals surface area contributed by atoms with Crippen LogP contribution < -0.4 is 14.2 Å². The van der Waals surface area contributed by atoms with E-state index in [2.05, 4.69) is 6.92 Å². The number of ketones is 1. The third-order valence-electron chi connectivity index (χ3n) is 4.49. The summed E-state index contributed by atoms with van der Waals surface area (Å²) in [6.45, 7) is 2.66. The van der Waals surface area contributed by atoms with Gasteiger partial charge in [0.25, 0.3) is 0 Å². The summed E-state index contributed by atoms with van der Waals surface area (Å²) in [5.41, 5.74) is 0.163. The molecule has 2 aromatic rings. The summed E-state index contributed by atoms with van der Waals surface area (Å²) < 4.78 is 16.6. The first-order chi connectivity index (χ1) is 14.6. The highest BCUT2D eigenvalue weighted by Gasteiger charge is 2.07. The van der Waals surface area contributed by atoms with E-state index in [9.17, 15) is 9.59 Å². The highest BCUT2D eigenvalue weighted by atomic mass is 16.5. The van der Waals surface area contributed by atoms with Gasteiger partial charge in [-0.3, -0.25) is 4.79 Å². The van der Waals surface area contributed by atoms with Gasteiger partial charge < -0.3 is 19.3 Å². The molecule has 6 nitrogen and oxygen atoms in total. The molecule has 0 amide bonds. The molecule has 162 valence electrons. The number of Topliss-reactive ketones (excluding diaryl/α,β-unsaturated/α-hetero) is 1. The zero-order valence-corrected chi connectivity index (χ0v) is 17.5. The summed E-state index contributed by atoms with van der Waals surface area (Å²) in [5.74, 6) is 0.572. The molecule has 30 heavy (non-hydrogen) atoms. The first kappa shape index (κ1) is 23.3. The highest BCUT2D eigenvalue weighted by molar-refractivity contribution is 5.87. The van der Waals surface area contributed by atoms with E-state index < -0.39 is 5.97 Å². The van der Waals surface area contributed by atoms with Crippen LogP contribution in [0.5, 0.6) is 17.2 Å². The van der Waals surface area contributed by atoms with Gasteiger partial charge in [-0.2, -0.15) is 0 Å². The van der Waals surface area contributed by atoms with Gasteiger partial charge in [-0.15, -0.1) is 0 Å². The van der Waals surface area contributed by atoms with Gasteiger partial charge in [-0.1, -0.05) is 39.0 Å². The lowest BCUT2D eigenvalue weighted by atomic mass is 10.1. The number of hydrogen-bond donors (Lipinski definition) is 1. The fourth-order valence-electron chi connectivity index (χ4n) is 2.77. The standard InChI is InChI=1S/C24H30O6/c1-2-3-4-5-6-7-16-28-21-12-14-23(15-13-21)30-18-20(25)17-29-22-10-8-19(9-11-22)24(26)27/h8-15H,2-7,16-18H2,1H3,(H,26,27). The molecule has 0 aliphatic rings. The van der Waals surface area contributed by atoms with Crippen molar-refractivity contribution in [2.75, 3.05) is 19.8 Å². The molecule has 0 heterocycles. The van der Waals surface area contributed by atoms with Crippen molar-refractivity contribution < 1.29 is 28.9 Å². The second-order valence-corrected chi connectivity index (χ2v) is 7.03. The van der Waals surface area contributed by atoms with E-state index in [1.807, 2.05) is 12.1 Å². The lowest BCUT2D eigenvalue weighted by Gasteiger charge is -2.09. The molecule has 0 unspecified atom stereocenters. The molecule has 6 heteroatoms. The largest absolute Gasteiger partial charge is 0.494 e. The Morgan fingerprint density at radius 2 is 1.17 bits per heavy atom. The van der Waals surface area contributed by atoms with Crippen molar-refractivity contribution in [3.63, 3.8) is 0 Å². The molecule has 0 bridgehead atoms. The molecular weight excluding hydrogens is 384 g/mol. The van der Waals surface area contributed by atoms with Gasteiger partial charge >= 0.3 is 5.97 Å². The maximum absolute atomic E-state index is 11.9. The SMILES string of the molecule is CCCCCCCCOc1ccc(OCC(=O)COc2ccc(C(=O)O)cc2)cc1. The normalized spacial score (nSPS) is 10.4. The van der Waals surface area contributed by atoms with Crippen LogP contribution in [0, 0.1) is 0 Å². The van der Waals surface area contributed by atoms with Crippen LogP contribution in [0.4, 0.5) is 0 Å². The quantitative estimate of drug-likeness (QED) is 0.406. The summed E-state index contributed by atoms with van der Waals surface area (Å²) in [4.78, 5) is 22.7. The number of aromatic carboxylic acids is 1. The molecule has 0 radical (unpaired) electrons. The predicted octanol–water partition coefficient (Wildman–Crippen LogP) is 5.15. The van der Waals surface area contributed by atoms with Gasteiger partial charge in [-0.25, -0.2) is 4.79 Å². The Morgan fingerprint density at radius 3 is 1.70 bits per heavy atom. The van der Waals surface area contributed by atoms with Crippen molar-refractivity contribution in [2.24, 2.45) is 0 Å². The number of carboxylic acid groups (broad SMARTS) is 1. The van der Waals surface area contributed by atoms with Crippen molar-refractivity contribution in [1.82, 2.24) is 0 Å². The molecule has 0 fully saturated rings. The van der Waals surface area contributed by atoms with Crippen LogP contribution in [0.15, 0.2) is 48.5 Å². The highest BCUT2D eigenvalue weighted by Crippen LogP contribution is 2.18. The lowest BCUT2D eigenvalue weighted by molar-refractivity contribution is -0.123. The number of benzene rings is 2. The van der Waals surface area contributed by atoms with Crippen molar-refractivity contribution in [1.29, 1.82) is 0 Å². The molecule has 0 saturated carbocycles. The van der Waals surface area contributed by atoms with Gasteiger partial charge in [0.05, 0.1) is 12.2 Å². The molecule has 1 N–H and O–H groups in total. The van der Waals surface area contributed by atoms with Gasteiger partial charge in [0.15, 0.2) is 0 Å². The number of carboxylic acids is 1. The summed E-state index contributed by atoms with van der Waals surface area (Å²) in [7, 11) is 0. The Hall–Kier alpha value is -3.02. The lowest BCUT2D eigenvalue weighted by Crippen LogP contribution is -2.19. The average Bonchev–Trinajstić information content (AvgIpc) is 2.76. The van der Waals surface area contributed by atoms with Gasteiger partial charge in [0.2, 0.25) is 5.78 Å². The third kappa shape index (κ3) is 8.99. The maximum atomic E-state index is 11.9. The minimum Gasteiger partial charge on any atom is -0.494 e. The Balaban J connectivity index is 1.62. The summed E-state index contributed by atoms with van der Waals surface area (Å²) in [6, 6.07) is 13.1. The first-order valence-corrected chi connectivity index (χ1v) is 10.4. The second kappa shape index (κ2) is 13.2. The minimum absolute atomic E-state index is 0.106. The summed E-state index contributed by atoms with van der Waals surface area (Å²) in [5, 5.41) is 8.86. The topological polar surface area (TPSA) is 82.1 Å². The van der Waals surface area contributed by atoms with Gasteiger partial charge in [0.1, 0.15) is 30.5 Å². The van der Waals surface area contributed by atoms with Crippen LogP contribution in [-0.2, 0) is 4.79 Å².